The Kier molecular flexibility index (Phi) is 4.56. The van der Waals surface area contributed by atoms with Gasteiger partial charge in [-0.05, 0) is 36.4 Å². The zero-order valence-corrected chi connectivity index (χ0v) is 14.6. The Hall–Kier alpha value is -2.54. The predicted octanol–water partition coefficient (Wildman–Crippen LogP) is 2.47. The van der Waals surface area contributed by atoms with Crippen LogP contribution in [0.1, 0.15) is 23.5 Å². The van der Waals surface area contributed by atoms with E-state index in [9.17, 15) is 4.79 Å². The lowest BCUT2D eigenvalue weighted by Gasteiger charge is -2.16. The molecule has 25 heavy (non-hydrogen) atoms. The second kappa shape index (κ2) is 7.14. The van der Waals surface area contributed by atoms with Gasteiger partial charge in [-0.25, -0.2) is 0 Å². The molecule has 128 valence electrons. The van der Waals surface area contributed by atoms with Crippen molar-refractivity contribution < 1.29 is 4.79 Å². The number of nitrogens with zero attached hydrogens (tertiary/aromatic N) is 4. The number of hydrogen-bond acceptors (Lipinski definition) is 5. The van der Waals surface area contributed by atoms with Crippen molar-refractivity contribution in [3.63, 3.8) is 0 Å². The molecule has 3 aromatic rings. The van der Waals surface area contributed by atoms with Gasteiger partial charge in [0.15, 0.2) is 5.82 Å². The molecular formula is C18H19N5OS. The van der Waals surface area contributed by atoms with Gasteiger partial charge >= 0.3 is 0 Å². The van der Waals surface area contributed by atoms with Crippen molar-refractivity contribution in [3.8, 4) is 11.4 Å². The monoisotopic (exact) mass is 353 g/mol. The summed E-state index contributed by atoms with van der Waals surface area (Å²) < 4.78 is 2.17. The summed E-state index contributed by atoms with van der Waals surface area (Å²) in [6.07, 6.45) is 6.59. The van der Waals surface area contributed by atoms with Crippen molar-refractivity contribution in [2.45, 2.75) is 38.3 Å². The van der Waals surface area contributed by atoms with Crippen LogP contribution in [-0.4, -0.2) is 31.7 Å². The number of hydrogen-bond donors (Lipinski definition) is 1. The van der Waals surface area contributed by atoms with Gasteiger partial charge < -0.3 is 9.88 Å². The molecule has 0 fully saturated rings. The van der Waals surface area contributed by atoms with Crippen LogP contribution in [0.15, 0.2) is 42.0 Å². The maximum atomic E-state index is 12.2. The van der Waals surface area contributed by atoms with Crippen LogP contribution in [0.25, 0.3) is 11.4 Å². The second-order valence-electron chi connectivity index (χ2n) is 6.18. The number of carbonyl (C=O) groups excluding carboxylic acids is 1. The lowest BCUT2D eigenvalue weighted by molar-refractivity contribution is -0.121. The van der Waals surface area contributed by atoms with Crippen molar-refractivity contribution >= 4 is 17.2 Å². The Balaban J connectivity index is 1.42. The molecule has 0 radical (unpaired) electrons. The molecule has 4 rings (SSSR count). The Morgan fingerprint density at radius 2 is 2.12 bits per heavy atom. The highest BCUT2D eigenvalue weighted by molar-refractivity contribution is 7.10. The van der Waals surface area contributed by atoms with E-state index in [0.717, 1.165) is 47.9 Å². The van der Waals surface area contributed by atoms with E-state index in [1.807, 2.05) is 29.6 Å². The van der Waals surface area contributed by atoms with E-state index in [0.29, 0.717) is 6.42 Å². The highest BCUT2D eigenvalue weighted by Gasteiger charge is 2.22. The lowest BCUT2D eigenvalue weighted by Crippen LogP contribution is -2.36. The van der Waals surface area contributed by atoms with Gasteiger partial charge in [0.2, 0.25) is 5.91 Å². The molecule has 1 atom stereocenters. The van der Waals surface area contributed by atoms with Crippen molar-refractivity contribution in [2.24, 2.45) is 0 Å². The van der Waals surface area contributed by atoms with Gasteiger partial charge in [0.1, 0.15) is 5.82 Å². The number of fused-ring (bicyclic) bond motifs is 1. The first-order valence-corrected chi connectivity index (χ1v) is 9.32. The first-order valence-electron chi connectivity index (χ1n) is 8.44. The van der Waals surface area contributed by atoms with Crippen LogP contribution in [0.2, 0.25) is 0 Å². The Morgan fingerprint density at radius 1 is 1.24 bits per heavy atom. The van der Waals surface area contributed by atoms with E-state index in [-0.39, 0.29) is 11.9 Å². The molecule has 0 saturated heterocycles. The first kappa shape index (κ1) is 16.0. The van der Waals surface area contributed by atoms with Gasteiger partial charge in [-0.1, -0.05) is 6.07 Å². The van der Waals surface area contributed by atoms with Crippen LogP contribution in [-0.2, 0) is 24.2 Å². The smallest absolute Gasteiger partial charge is 0.225 e. The largest absolute Gasteiger partial charge is 0.353 e. The topological polar surface area (TPSA) is 72.7 Å². The fourth-order valence-corrected chi connectivity index (χ4v) is 3.90. The maximum Gasteiger partial charge on any atom is 0.225 e. The Bertz CT molecular complexity index is 844. The average molecular weight is 353 g/mol. The molecule has 0 aliphatic carbocycles. The summed E-state index contributed by atoms with van der Waals surface area (Å²) >= 11 is 1.62. The number of amides is 1. The summed E-state index contributed by atoms with van der Waals surface area (Å²) in [7, 11) is 0. The SMILES string of the molecule is O=C(Cc1cccs1)NC1CCc2nnc(-c3ccncc3)n2CC1. The van der Waals surface area contributed by atoms with E-state index in [4.69, 9.17) is 0 Å². The van der Waals surface area contributed by atoms with Gasteiger partial charge in [-0.2, -0.15) is 0 Å². The number of aryl methyl sites for hydroxylation is 1. The molecule has 1 aliphatic heterocycles. The van der Waals surface area contributed by atoms with Crippen LogP contribution in [0.4, 0.5) is 0 Å². The third kappa shape index (κ3) is 3.61. The fourth-order valence-electron chi connectivity index (χ4n) is 3.20. The Morgan fingerprint density at radius 3 is 2.92 bits per heavy atom. The van der Waals surface area contributed by atoms with Gasteiger partial charge in [0.05, 0.1) is 6.42 Å². The van der Waals surface area contributed by atoms with Gasteiger partial charge in [-0.15, -0.1) is 21.5 Å². The molecule has 0 bridgehead atoms. The molecule has 0 aromatic carbocycles. The number of rotatable bonds is 4. The average Bonchev–Trinajstić information content (AvgIpc) is 3.23. The molecule has 6 nitrogen and oxygen atoms in total. The molecular weight excluding hydrogens is 334 g/mol. The lowest BCUT2D eigenvalue weighted by atomic mass is 10.1. The summed E-state index contributed by atoms with van der Waals surface area (Å²) in [6, 6.07) is 8.05. The number of pyridine rings is 1. The summed E-state index contributed by atoms with van der Waals surface area (Å²) in [4.78, 5) is 17.4. The molecule has 7 heteroatoms. The van der Waals surface area contributed by atoms with Gasteiger partial charge in [-0.3, -0.25) is 9.78 Å². The molecule has 3 aromatic heterocycles. The normalized spacial score (nSPS) is 16.9. The maximum absolute atomic E-state index is 12.2. The van der Waals surface area contributed by atoms with Crippen LogP contribution >= 0.6 is 11.3 Å². The van der Waals surface area contributed by atoms with E-state index < -0.39 is 0 Å². The summed E-state index contributed by atoms with van der Waals surface area (Å²) in [5.74, 6) is 1.96. The predicted molar refractivity (Wildman–Crippen MR) is 96.1 cm³/mol. The van der Waals surface area contributed by atoms with Crippen LogP contribution in [0.5, 0.6) is 0 Å². The third-order valence-corrected chi connectivity index (χ3v) is 5.34. The number of nitrogens with one attached hydrogen (secondary N) is 1. The Labute approximate surface area is 149 Å². The minimum atomic E-state index is 0.0967. The number of carbonyl (C=O) groups is 1. The van der Waals surface area contributed by atoms with Crippen molar-refractivity contribution in [3.05, 3.63) is 52.7 Å². The van der Waals surface area contributed by atoms with E-state index in [1.165, 1.54) is 0 Å². The van der Waals surface area contributed by atoms with Crippen molar-refractivity contribution in [1.29, 1.82) is 0 Å². The quantitative estimate of drug-likeness (QED) is 0.782. The highest BCUT2D eigenvalue weighted by atomic mass is 32.1. The highest BCUT2D eigenvalue weighted by Crippen LogP contribution is 2.22. The van der Waals surface area contributed by atoms with Crippen LogP contribution in [0.3, 0.4) is 0 Å². The van der Waals surface area contributed by atoms with Crippen molar-refractivity contribution in [1.82, 2.24) is 25.1 Å². The molecule has 1 aliphatic rings. The number of thiophene rings is 1. The summed E-state index contributed by atoms with van der Waals surface area (Å²) in [5.41, 5.74) is 1.02. The van der Waals surface area contributed by atoms with E-state index in [2.05, 4.69) is 25.1 Å². The van der Waals surface area contributed by atoms with Gasteiger partial charge in [0.25, 0.3) is 0 Å². The zero-order valence-electron chi connectivity index (χ0n) is 13.8. The summed E-state index contributed by atoms with van der Waals surface area (Å²) in [5, 5.41) is 13.9. The molecule has 0 saturated carbocycles. The first-order chi connectivity index (χ1) is 12.3. The molecule has 0 spiro atoms. The standard InChI is InChI=1S/C18H19N5OS/c24-17(12-15-2-1-11-25-15)20-14-3-4-16-21-22-18(23(16)10-7-14)13-5-8-19-9-6-13/h1-2,5-6,8-9,11,14H,3-4,7,10,12H2,(H,20,24). The second-order valence-corrected chi connectivity index (χ2v) is 7.21. The number of aromatic nitrogens is 4. The van der Waals surface area contributed by atoms with Crippen LogP contribution < -0.4 is 5.32 Å². The molecule has 1 N–H and O–H groups in total. The summed E-state index contributed by atoms with van der Waals surface area (Å²) in [6.45, 7) is 0.809. The van der Waals surface area contributed by atoms with Gasteiger partial charge in [0, 0.05) is 41.8 Å². The molecule has 1 amide bonds. The molecule has 4 heterocycles. The van der Waals surface area contributed by atoms with Crippen molar-refractivity contribution in [2.75, 3.05) is 0 Å². The minimum absolute atomic E-state index is 0.0967. The minimum Gasteiger partial charge on any atom is -0.353 e. The zero-order chi connectivity index (χ0) is 17.1. The van der Waals surface area contributed by atoms with E-state index in [1.54, 1.807) is 23.7 Å². The fraction of sp³-hybridized carbons (Fsp3) is 0.333. The molecule has 1 unspecified atom stereocenters. The third-order valence-electron chi connectivity index (χ3n) is 4.46. The van der Waals surface area contributed by atoms with E-state index >= 15 is 0 Å². The van der Waals surface area contributed by atoms with Crippen LogP contribution in [0, 0.1) is 0 Å².